The smallest absolute Gasteiger partial charge is 0.0480 e. The van der Waals surface area contributed by atoms with E-state index in [9.17, 15) is 0 Å². The summed E-state index contributed by atoms with van der Waals surface area (Å²) in [5, 5.41) is 1.32. The second-order valence-electron chi connectivity index (χ2n) is 3.15. The van der Waals surface area contributed by atoms with Crippen molar-refractivity contribution in [1.82, 2.24) is 4.57 Å². The van der Waals surface area contributed by atoms with Crippen molar-refractivity contribution in [2.24, 2.45) is 0 Å². The fourth-order valence-electron chi connectivity index (χ4n) is 1.58. The van der Waals surface area contributed by atoms with Gasteiger partial charge in [0.2, 0.25) is 0 Å². The van der Waals surface area contributed by atoms with Crippen molar-refractivity contribution >= 4 is 23.5 Å². The number of thiol groups is 1. The summed E-state index contributed by atoms with van der Waals surface area (Å²) in [6.07, 6.45) is 3.27. The molecule has 2 rings (SSSR count). The number of hydrogen-bond donors (Lipinski definition) is 1. The van der Waals surface area contributed by atoms with Gasteiger partial charge in [-0.15, -0.1) is 0 Å². The topological polar surface area (TPSA) is 4.93 Å². The van der Waals surface area contributed by atoms with Crippen LogP contribution in [0.1, 0.15) is 6.42 Å². The highest BCUT2D eigenvalue weighted by Crippen LogP contribution is 2.15. The average Bonchev–Trinajstić information content (AvgIpc) is 2.58. The molecule has 68 valence electrons. The van der Waals surface area contributed by atoms with E-state index in [0.29, 0.717) is 0 Å². The third kappa shape index (κ3) is 1.73. The third-order valence-electron chi connectivity index (χ3n) is 2.24. The molecule has 0 unspecified atom stereocenters. The van der Waals surface area contributed by atoms with Crippen LogP contribution in [0.5, 0.6) is 0 Å². The van der Waals surface area contributed by atoms with Crippen LogP contribution in [-0.4, -0.2) is 10.3 Å². The molecule has 0 aliphatic heterocycles. The molecule has 0 bridgehead atoms. The zero-order valence-electron chi connectivity index (χ0n) is 7.48. The average molecular weight is 191 g/mol. The fourth-order valence-corrected chi connectivity index (χ4v) is 1.72. The lowest BCUT2D eigenvalue weighted by Crippen LogP contribution is -1.95. The van der Waals surface area contributed by atoms with Crippen LogP contribution in [-0.2, 0) is 6.54 Å². The van der Waals surface area contributed by atoms with Gasteiger partial charge in [-0.1, -0.05) is 18.2 Å². The standard InChI is InChI=1S/C11H13NS/c13-9-3-7-12-8-6-10-4-1-2-5-11(10)12/h1-2,4-6,8,13H,3,7,9H2. The van der Waals surface area contributed by atoms with Gasteiger partial charge in [-0.05, 0) is 29.7 Å². The monoisotopic (exact) mass is 191 g/mol. The molecule has 0 saturated heterocycles. The van der Waals surface area contributed by atoms with Crippen LogP contribution in [0.25, 0.3) is 10.9 Å². The van der Waals surface area contributed by atoms with E-state index >= 15 is 0 Å². The van der Waals surface area contributed by atoms with Crippen LogP contribution in [0.2, 0.25) is 0 Å². The predicted octanol–water partition coefficient (Wildman–Crippen LogP) is 2.96. The number of rotatable bonds is 3. The number of fused-ring (bicyclic) bond motifs is 1. The molecule has 1 nitrogen and oxygen atoms in total. The molecule has 0 atom stereocenters. The van der Waals surface area contributed by atoms with E-state index in [1.165, 1.54) is 10.9 Å². The zero-order valence-corrected chi connectivity index (χ0v) is 8.37. The Morgan fingerprint density at radius 3 is 2.85 bits per heavy atom. The molecule has 13 heavy (non-hydrogen) atoms. The van der Waals surface area contributed by atoms with E-state index in [2.05, 4.69) is 53.7 Å². The van der Waals surface area contributed by atoms with Crippen LogP contribution >= 0.6 is 12.6 Å². The lowest BCUT2D eigenvalue weighted by Gasteiger charge is -2.02. The lowest BCUT2D eigenvalue weighted by atomic mass is 10.2. The van der Waals surface area contributed by atoms with Crippen molar-refractivity contribution in [2.45, 2.75) is 13.0 Å². The minimum atomic E-state index is 0.951. The quantitative estimate of drug-likeness (QED) is 0.712. The molecule has 0 saturated carbocycles. The van der Waals surface area contributed by atoms with Gasteiger partial charge in [-0.25, -0.2) is 0 Å². The van der Waals surface area contributed by atoms with Gasteiger partial charge in [0.25, 0.3) is 0 Å². The van der Waals surface area contributed by atoms with Crippen molar-refractivity contribution in [3.63, 3.8) is 0 Å². The minimum Gasteiger partial charge on any atom is -0.347 e. The van der Waals surface area contributed by atoms with Gasteiger partial charge in [0.05, 0.1) is 0 Å². The molecule has 0 spiro atoms. The molecule has 2 aromatic rings. The maximum atomic E-state index is 4.21. The molecular formula is C11H13NS. The van der Waals surface area contributed by atoms with Crippen LogP contribution in [0.4, 0.5) is 0 Å². The van der Waals surface area contributed by atoms with E-state index in [1.807, 2.05) is 0 Å². The Kier molecular flexibility index (Phi) is 2.60. The summed E-state index contributed by atoms with van der Waals surface area (Å²) in [6, 6.07) is 10.6. The van der Waals surface area contributed by atoms with Crippen LogP contribution in [0.3, 0.4) is 0 Å². The van der Waals surface area contributed by atoms with Gasteiger partial charge in [0, 0.05) is 18.3 Å². The molecule has 0 radical (unpaired) electrons. The first kappa shape index (κ1) is 8.70. The number of aromatic nitrogens is 1. The normalized spacial score (nSPS) is 10.8. The summed E-state index contributed by atoms with van der Waals surface area (Å²) < 4.78 is 2.28. The van der Waals surface area contributed by atoms with E-state index in [0.717, 1.165) is 18.7 Å². The first-order valence-corrected chi connectivity index (χ1v) is 5.20. The second kappa shape index (κ2) is 3.88. The molecule has 0 fully saturated rings. The lowest BCUT2D eigenvalue weighted by molar-refractivity contribution is 0.710. The summed E-state index contributed by atoms with van der Waals surface area (Å²) >= 11 is 4.21. The zero-order chi connectivity index (χ0) is 9.10. The third-order valence-corrected chi connectivity index (χ3v) is 2.55. The Hall–Kier alpha value is -0.890. The Morgan fingerprint density at radius 2 is 2.00 bits per heavy atom. The summed E-state index contributed by atoms with van der Waals surface area (Å²) in [5.74, 6) is 0.951. The van der Waals surface area contributed by atoms with Gasteiger partial charge in [0.1, 0.15) is 0 Å². The highest BCUT2D eigenvalue weighted by atomic mass is 32.1. The second-order valence-corrected chi connectivity index (χ2v) is 3.59. The van der Waals surface area contributed by atoms with Gasteiger partial charge in [0.15, 0.2) is 0 Å². The fraction of sp³-hybridized carbons (Fsp3) is 0.273. The maximum Gasteiger partial charge on any atom is 0.0480 e. The van der Waals surface area contributed by atoms with Crippen LogP contribution < -0.4 is 0 Å². The van der Waals surface area contributed by atoms with Gasteiger partial charge in [-0.3, -0.25) is 0 Å². The number of benzene rings is 1. The first-order chi connectivity index (χ1) is 6.42. The molecule has 2 heteroatoms. The van der Waals surface area contributed by atoms with Crippen molar-refractivity contribution < 1.29 is 0 Å². The molecular weight excluding hydrogens is 178 g/mol. The highest BCUT2D eigenvalue weighted by molar-refractivity contribution is 7.80. The van der Waals surface area contributed by atoms with E-state index in [4.69, 9.17) is 0 Å². The molecule has 1 aromatic carbocycles. The molecule has 0 aliphatic carbocycles. The van der Waals surface area contributed by atoms with Crippen molar-refractivity contribution in [2.75, 3.05) is 5.75 Å². The molecule has 0 amide bonds. The van der Waals surface area contributed by atoms with E-state index in [1.54, 1.807) is 0 Å². The SMILES string of the molecule is SCCCn1ccc2ccccc21. The van der Waals surface area contributed by atoms with Crippen molar-refractivity contribution in [3.8, 4) is 0 Å². The van der Waals surface area contributed by atoms with Crippen LogP contribution in [0, 0.1) is 0 Å². The minimum absolute atomic E-state index is 0.951. The molecule has 0 N–H and O–H groups in total. The summed E-state index contributed by atoms with van der Waals surface area (Å²) in [4.78, 5) is 0. The van der Waals surface area contributed by atoms with Gasteiger partial charge in [-0.2, -0.15) is 12.6 Å². The maximum absolute atomic E-state index is 4.21. The Morgan fingerprint density at radius 1 is 1.15 bits per heavy atom. The van der Waals surface area contributed by atoms with Gasteiger partial charge < -0.3 is 4.57 Å². The summed E-state index contributed by atoms with van der Waals surface area (Å²) in [7, 11) is 0. The highest BCUT2D eigenvalue weighted by Gasteiger charge is 1.97. The Labute approximate surface area is 83.8 Å². The number of para-hydroxylation sites is 1. The Balaban J connectivity index is 2.35. The molecule has 0 aliphatic rings. The largest absolute Gasteiger partial charge is 0.347 e. The number of aryl methyl sites for hydroxylation is 1. The first-order valence-electron chi connectivity index (χ1n) is 4.56. The molecule has 1 aromatic heterocycles. The summed E-state index contributed by atoms with van der Waals surface area (Å²) in [5.41, 5.74) is 1.32. The molecule has 1 heterocycles. The van der Waals surface area contributed by atoms with E-state index in [-0.39, 0.29) is 0 Å². The predicted molar refractivity (Wildman–Crippen MR) is 60.4 cm³/mol. The van der Waals surface area contributed by atoms with Crippen molar-refractivity contribution in [3.05, 3.63) is 36.5 Å². The Bertz CT molecular complexity index is 392. The van der Waals surface area contributed by atoms with Crippen molar-refractivity contribution in [1.29, 1.82) is 0 Å². The number of hydrogen-bond acceptors (Lipinski definition) is 1. The number of nitrogens with zero attached hydrogens (tertiary/aromatic N) is 1. The van der Waals surface area contributed by atoms with Gasteiger partial charge >= 0.3 is 0 Å². The van der Waals surface area contributed by atoms with E-state index < -0.39 is 0 Å². The summed E-state index contributed by atoms with van der Waals surface area (Å²) in [6.45, 7) is 1.07. The van der Waals surface area contributed by atoms with Crippen LogP contribution in [0.15, 0.2) is 36.5 Å².